The van der Waals surface area contributed by atoms with Crippen LogP contribution in [-0.2, 0) is 11.3 Å². The minimum atomic E-state index is -0.318. The number of ether oxygens (including phenoxy) is 2. The van der Waals surface area contributed by atoms with Crippen molar-refractivity contribution < 1.29 is 19.4 Å². The highest BCUT2D eigenvalue weighted by molar-refractivity contribution is 14.0. The van der Waals surface area contributed by atoms with Crippen LogP contribution >= 0.6 is 24.0 Å². The lowest BCUT2D eigenvalue weighted by molar-refractivity contribution is 0.0951. The fourth-order valence-corrected chi connectivity index (χ4v) is 2.72. The molecule has 0 aliphatic heterocycles. The molecule has 8 nitrogen and oxygen atoms in total. The second kappa shape index (κ2) is 16.2. The molecule has 1 amide bonds. The Kier molecular flexibility index (Phi) is 13.9. The van der Waals surface area contributed by atoms with Crippen LogP contribution in [0, 0.1) is 0 Å². The van der Waals surface area contributed by atoms with E-state index in [2.05, 4.69) is 20.9 Å². The molecule has 0 saturated carbocycles. The van der Waals surface area contributed by atoms with Gasteiger partial charge < -0.3 is 30.5 Å². The standard InChI is InChI=1S/C23H32N4O4.HI/c1-3-31-16-6-13-25-23(27-17-18-9-11-19(30-2)12-10-18)26-15-14-24-22(29)20-7-4-5-8-21(20)28;/h4-5,7-12,28H,3,6,13-17H2,1-2H3,(H,24,29)(H2,25,26,27);1H. The molecule has 9 heteroatoms. The molecule has 0 aliphatic rings. The van der Waals surface area contributed by atoms with Crippen LogP contribution in [0.1, 0.15) is 29.3 Å². The fraction of sp³-hybridized carbons (Fsp3) is 0.391. The van der Waals surface area contributed by atoms with Crippen LogP contribution in [0.5, 0.6) is 11.5 Å². The number of methoxy groups -OCH3 is 1. The maximum atomic E-state index is 12.2. The molecule has 0 aliphatic carbocycles. The summed E-state index contributed by atoms with van der Waals surface area (Å²) in [6.45, 7) is 5.46. The first-order valence-corrected chi connectivity index (χ1v) is 10.4. The van der Waals surface area contributed by atoms with Crippen LogP contribution in [0.3, 0.4) is 0 Å². The first-order chi connectivity index (χ1) is 15.1. The van der Waals surface area contributed by atoms with Gasteiger partial charge in [-0.1, -0.05) is 24.3 Å². The van der Waals surface area contributed by atoms with Gasteiger partial charge in [0.05, 0.1) is 19.2 Å². The predicted molar refractivity (Wildman–Crippen MR) is 137 cm³/mol. The van der Waals surface area contributed by atoms with Gasteiger partial charge in [0.2, 0.25) is 0 Å². The zero-order valence-corrected chi connectivity index (χ0v) is 20.9. The number of rotatable bonds is 12. The summed E-state index contributed by atoms with van der Waals surface area (Å²) in [6.07, 6.45) is 0.862. The summed E-state index contributed by atoms with van der Waals surface area (Å²) in [6, 6.07) is 14.2. The Morgan fingerprint density at radius 1 is 1.00 bits per heavy atom. The number of aliphatic imine (C=N–C) groups is 1. The number of phenols is 1. The highest BCUT2D eigenvalue weighted by atomic mass is 127. The van der Waals surface area contributed by atoms with Gasteiger partial charge in [0, 0.05) is 32.8 Å². The SMILES string of the molecule is CCOCCCNC(=NCc1ccc(OC)cc1)NCCNC(=O)c1ccccc1O.I. The number of benzene rings is 2. The summed E-state index contributed by atoms with van der Waals surface area (Å²) in [7, 11) is 1.64. The van der Waals surface area contributed by atoms with Crippen LogP contribution in [-0.4, -0.2) is 56.9 Å². The van der Waals surface area contributed by atoms with Crippen molar-refractivity contribution in [2.75, 3.05) is 40.0 Å². The third kappa shape index (κ3) is 10.2. The zero-order valence-electron chi connectivity index (χ0n) is 18.6. The van der Waals surface area contributed by atoms with E-state index in [1.165, 1.54) is 6.07 Å². The largest absolute Gasteiger partial charge is 0.507 e. The predicted octanol–water partition coefficient (Wildman–Crippen LogP) is 2.91. The number of guanidine groups is 1. The fourth-order valence-electron chi connectivity index (χ4n) is 2.72. The topological polar surface area (TPSA) is 104 Å². The molecule has 176 valence electrons. The number of nitrogens with zero attached hydrogens (tertiary/aromatic N) is 1. The molecule has 0 radical (unpaired) electrons. The molecule has 0 spiro atoms. The Hall–Kier alpha value is -2.53. The van der Waals surface area contributed by atoms with Crippen molar-refractivity contribution in [3.05, 3.63) is 59.7 Å². The van der Waals surface area contributed by atoms with Crippen LogP contribution < -0.4 is 20.7 Å². The maximum Gasteiger partial charge on any atom is 0.255 e. The lowest BCUT2D eigenvalue weighted by atomic mass is 10.2. The van der Waals surface area contributed by atoms with Gasteiger partial charge in [0.25, 0.3) is 5.91 Å². The maximum absolute atomic E-state index is 12.2. The van der Waals surface area contributed by atoms with E-state index in [1.54, 1.807) is 25.3 Å². The molecule has 2 rings (SSSR count). The van der Waals surface area contributed by atoms with Crippen LogP contribution in [0.25, 0.3) is 0 Å². The molecule has 32 heavy (non-hydrogen) atoms. The smallest absolute Gasteiger partial charge is 0.255 e. The van der Waals surface area contributed by atoms with Crippen molar-refractivity contribution in [1.82, 2.24) is 16.0 Å². The van der Waals surface area contributed by atoms with E-state index in [0.717, 1.165) is 24.3 Å². The van der Waals surface area contributed by atoms with Crippen molar-refractivity contribution in [1.29, 1.82) is 0 Å². The minimum absolute atomic E-state index is 0. The first kappa shape index (κ1) is 27.5. The molecular formula is C23H33IN4O4. The summed E-state index contributed by atoms with van der Waals surface area (Å²) >= 11 is 0. The molecular weight excluding hydrogens is 523 g/mol. The lowest BCUT2D eigenvalue weighted by Crippen LogP contribution is -2.42. The number of carbonyl (C=O) groups is 1. The Morgan fingerprint density at radius 2 is 1.69 bits per heavy atom. The van der Waals surface area contributed by atoms with Crippen molar-refractivity contribution in [3.8, 4) is 11.5 Å². The Labute approximate surface area is 206 Å². The Balaban J connectivity index is 0.00000512. The van der Waals surface area contributed by atoms with Gasteiger partial charge >= 0.3 is 0 Å². The number of hydrogen-bond acceptors (Lipinski definition) is 5. The summed E-state index contributed by atoms with van der Waals surface area (Å²) in [4.78, 5) is 16.8. The van der Waals surface area contributed by atoms with Gasteiger partial charge in [-0.3, -0.25) is 4.79 Å². The summed E-state index contributed by atoms with van der Waals surface area (Å²) < 4.78 is 10.5. The van der Waals surface area contributed by atoms with Crippen LogP contribution in [0.2, 0.25) is 0 Å². The highest BCUT2D eigenvalue weighted by Crippen LogP contribution is 2.14. The van der Waals surface area contributed by atoms with E-state index in [1.807, 2.05) is 31.2 Å². The van der Waals surface area contributed by atoms with E-state index in [4.69, 9.17) is 9.47 Å². The molecule has 0 bridgehead atoms. The molecule has 0 heterocycles. The normalized spacial score (nSPS) is 10.8. The Morgan fingerprint density at radius 3 is 2.38 bits per heavy atom. The van der Waals surface area contributed by atoms with E-state index in [-0.39, 0.29) is 41.2 Å². The third-order valence-corrected chi connectivity index (χ3v) is 4.39. The Bertz CT molecular complexity index is 831. The molecule has 0 atom stereocenters. The van der Waals surface area contributed by atoms with Gasteiger partial charge in [0.1, 0.15) is 11.5 Å². The number of nitrogens with one attached hydrogen (secondary N) is 3. The lowest BCUT2D eigenvalue weighted by Gasteiger charge is -2.13. The number of aromatic hydroxyl groups is 1. The second-order valence-corrected chi connectivity index (χ2v) is 6.69. The van der Waals surface area contributed by atoms with E-state index >= 15 is 0 Å². The second-order valence-electron chi connectivity index (χ2n) is 6.69. The average molecular weight is 556 g/mol. The van der Waals surface area contributed by atoms with Crippen molar-refractivity contribution in [2.45, 2.75) is 19.9 Å². The zero-order chi connectivity index (χ0) is 22.3. The van der Waals surface area contributed by atoms with Gasteiger partial charge in [-0.15, -0.1) is 24.0 Å². The molecule has 0 fully saturated rings. The number of carbonyl (C=O) groups excluding carboxylic acids is 1. The minimum Gasteiger partial charge on any atom is -0.507 e. The average Bonchev–Trinajstić information content (AvgIpc) is 2.80. The van der Waals surface area contributed by atoms with Gasteiger partial charge in [-0.05, 0) is 43.2 Å². The molecule has 0 saturated heterocycles. The van der Waals surface area contributed by atoms with Gasteiger partial charge in [-0.25, -0.2) is 4.99 Å². The van der Waals surface area contributed by atoms with E-state index in [9.17, 15) is 9.90 Å². The third-order valence-electron chi connectivity index (χ3n) is 4.39. The monoisotopic (exact) mass is 556 g/mol. The first-order valence-electron chi connectivity index (χ1n) is 10.4. The molecule has 2 aromatic rings. The van der Waals surface area contributed by atoms with E-state index in [0.29, 0.717) is 38.8 Å². The molecule has 0 aromatic heterocycles. The molecule has 2 aromatic carbocycles. The number of halogens is 1. The number of phenolic OH excluding ortho intramolecular Hbond substituents is 1. The van der Waals surface area contributed by atoms with Crippen molar-refractivity contribution in [3.63, 3.8) is 0 Å². The van der Waals surface area contributed by atoms with Crippen molar-refractivity contribution in [2.24, 2.45) is 4.99 Å². The molecule has 0 unspecified atom stereocenters. The number of amides is 1. The number of hydrogen-bond donors (Lipinski definition) is 4. The quantitative estimate of drug-likeness (QED) is 0.139. The highest BCUT2D eigenvalue weighted by Gasteiger charge is 2.09. The molecule has 4 N–H and O–H groups in total. The van der Waals surface area contributed by atoms with Crippen LogP contribution in [0.15, 0.2) is 53.5 Å². The number of para-hydroxylation sites is 1. The van der Waals surface area contributed by atoms with Crippen LogP contribution in [0.4, 0.5) is 0 Å². The van der Waals surface area contributed by atoms with E-state index < -0.39 is 0 Å². The summed E-state index contributed by atoms with van der Waals surface area (Å²) in [5.74, 6) is 1.11. The summed E-state index contributed by atoms with van der Waals surface area (Å²) in [5.41, 5.74) is 1.31. The van der Waals surface area contributed by atoms with Gasteiger partial charge in [-0.2, -0.15) is 0 Å². The summed E-state index contributed by atoms with van der Waals surface area (Å²) in [5, 5.41) is 19.1. The van der Waals surface area contributed by atoms with Gasteiger partial charge in [0.15, 0.2) is 5.96 Å². The van der Waals surface area contributed by atoms with Crippen molar-refractivity contribution >= 4 is 35.8 Å².